The van der Waals surface area contributed by atoms with Gasteiger partial charge in [-0.05, 0) is 23.8 Å². The fraction of sp³-hybridized carbons (Fsp3) is 0.500. The SMILES string of the molecule is CC(C)C[C@H](NC(=O)[C@H](Cc1ccccc1)NC(=O)[C@@H](N)Cc1c[nH]cn1)C(=O)N[C@H](C(=O)O)C(C)C. The minimum atomic E-state index is -1.15. The van der Waals surface area contributed by atoms with Crippen LogP contribution in [0.5, 0.6) is 0 Å². The highest BCUT2D eigenvalue weighted by Gasteiger charge is 2.32. The molecule has 2 rings (SSSR count). The van der Waals surface area contributed by atoms with Crippen LogP contribution >= 0.6 is 0 Å². The predicted molar refractivity (Wildman–Crippen MR) is 138 cm³/mol. The second kappa shape index (κ2) is 14.1. The molecule has 37 heavy (non-hydrogen) atoms. The smallest absolute Gasteiger partial charge is 0.326 e. The Balaban J connectivity index is 2.20. The van der Waals surface area contributed by atoms with Crippen LogP contribution in [0.4, 0.5) is 0 Å². The summed E-state index contributed by atoms with van der Waals surface area (Å²) in [4.78, 5) is 57.7. The number of hydrogen-bond acceptors (Lipinski definition) is 6. The largest absolute Gasteiger partial charge is 0.480 e. The van der Waals surface area contributed by atoms with E-state index in [2.05, 4.69) is 25.9 Å². The summed E-state index contributed by atoms with van der Waals surface area (Å²) in [6, 6.07) is 5.11. The minimum Gasteiger partial charge on any atom is -0.480 e. The first-order valence-electron chi connectivity index (χ1n) is 12.4. The van der Waals surface area contributed by atoms with Crippen molar-refractivity contribution in [3.05, 3.63) is 54.1 Å². The van der Waals surface area contributed by atoms with Crippen LogP contribution < -0.4 is 21.7 Å². The fourth-order valence-electron chi connectivity index (χ4n) is 3.80. The Morgan fingerprint density at radius 3 is 2.08 bits per heavy atom. The molecular weight excluding hydrogens is 476 g/mol. The van der Waals surface area contributed by atoms with Crippen LogP contribution in [0.3, 0.4) is 0 Å². The number of carboxylic acids is 1. The molecule has 0 radical (unpaired) electrons. The van der Waals surface area contributed by atoms with Gasteiger partial charge < -0.3 is 31.8 Å². The van der Waals surface area contributed by atoms with E-state index in [1.165, 1.54) is 6.33 Å². The number of nitrogens with one attached hydrogen (secondary N) is 4. The molecule has 1 heterocycles. The van der Waals surface area contributed by atoms with Crippen molar-refractivity contribution in [2.75, 3.05) is 0 Å². The lowest BCUT2D eigenvalue weighted by Crippen LogP contribution is -2.58. The molecule has 202 valence electrons. The van der Waals surface area contributed by atoms with Crippen LogP contribution in [0.2, 0.25) is 0 Å². The number of H-pyrrole nitrogens is 1. The summed E-state index contributed by atoms with van der Waals surface area (Å²) in [6.07, 6.45) is 3.76. The first kappa shape index (κ1) is 29.5. The van der Waals surface area contributed by atoms with Crippen LogP contribution in [0.25, 0.3) is 0 Å². The standard InChI is InChI=1S/C26H38N6O5/c1-15(2)10-20(25(35)32-22(16(3)4)26(36)37)31-24(34)21(11-17-8-6-5-7-9-17)30-23(33)19(27)12-18-13-28-14-29-18/h5-9,13-16,19-22H,10-12,27H2,1-4H3,(H,28,29)(H,30,33)(H,31,34)(H,32,35)(H,36,37)/t19-,20-,21-,22-/m0/s1. The highest BCUT2D eigenvalue weighted by atomic mass is 16.4. The van der Waals surface area contributed by atoms with Gasteiger partial charge in [-0.2, -0.15) is 0 Å². The van der Waals surface area contributed by atoms with E-state index >= 15 is 0 Å². The monoisotopic (exact) mass is 514 g/mol. The van der Waals surface area contributed by atoms with Gasteiger partial charge in [-0.15, -0.1) is 0 Å². The van der Waals surface area contributed by atoms with Gasteiger partial charge in [-0.3, -0.25) is 14.4 Å². The van der Waals surface area contributed by atoms with Gasteiger partial charge in [-0.25, -0.2) is 9.78 Å². The zero-order chi connectivity index (χ0) is 27.5. The lowest BCUT2D eigenvalue weighted by atomic mass is 9.99. The molecule has 7 N–H and O–H groups in total. The molecule has 0 spiro atoms. The van der Waals surface area contributed by atoms with Crippen LogP contribution in [0, 0.1) is 11.8 Å². The van der Waals surface area contributed by atoms with Crippen molar-refractivity contribution in [3.63, 3.8) is 0 Å². The van der Waals surface area contributed by atoms with Crippen molar-refractivity contribution in [2.24, 2.45) is 17.6 Å². The molecule has 0 saturated heterocycles. The molecule has 1 aromatic carbocycles. The number of hydrogen-bond donors (Lipinski definition) is 6. The van der Waals surface area contributed by atoms with Crippen molar-refractivity contribution in [2.45, 2.75) is 71.1 Å². The number of aromatic nitrogens is 2. The molecule has 0 aliphatic heterocycles. The van der Waals surface area contributed by atoms with E-state index < -0.39 is 47.9 Å². The van der Waals surface area contributed by atoms with Crippen molar-refractivity contribution in [1.82, 2.24) is 25.9 Å². The molecule has 3 amide bonds. The van der Waals surface area contributed by atoms with Gasteiger partial charge in [-0.1, -0.05) is 58.0 Å². The van der Waals surface area contributed by atoms with E-state index in [-0.39, 0.29) is 31.1 Å². The molecule has 11 nitrogen and oxygen atoms in total. The quantitative estimate of drug-likeness (QED) is 0.215. The molecule has 1 aromatic heterocycles. The van der Waals surface area contributed by atoms with E-state index in [0.717, 1.165) is 5.56 Å². The summed E-state index contributed by atoms with van der Waals surface area (Å²) in [5, 5.41) is 17.4. The molecule has 0 aliphatic carbocycles. The van der Waals surface area contributed by atoms with E-state index in [9.17, 15) is 24.3 Å². The molecular formula is C26H38N6O5. The van der Waals surface area contributed by atoms with Crippen molar-refractivity contribution in [1.29, 1.82) is 0 Å². The maximum absolute atomic E-state index is 13.4. The normalized spacial score (nSPS) is 14.5. The molecule has 11 heteroatoms. The maximum Gasteiger partial charge on any atom is 0.326 e. The van der Waals surface area contributed by atoms with Gasteiger partial charge in [0.05, 0.1) is 18.1 Å². The van der Waals surface area contributed by atoms with E-state index in [4.69, 9.17) is 5.73 Å². The number of carboxylic acid groups (broad SMARTS) is 1. The number of aliphatic carboxylic acids is 1. The number of imidazole rings is 1. The van der Waals surface area contributed by atoms with Crippen LogP contribution in [-0.2, 0) is 32.0 Å². The lowest BCUT2D eigenvalue weighted by molar-refractivity contribution is -0.143. The van der Waals surface area contributed by atoms with E-state index in [1.54, 1.807) is 20.0 Å². The van der Waals surface area contributed by atoms with Gasteiger partial charge in [0.2, 0.25) is 17.7 Å². The third-order valence-corrected chi connectivity index (χ3v) is 5.81. The van der Waals surface area contributed by atoms with Crippen LogP contribution in [0.15, 0.2) is 42.9 Å². The third-order valence-electron chi connectivity index (χ3n) is 5.81. The van der Waals surface area contributed by atoms with Gasteiger partial charge in [0, 0.05) is 19.0 Å². The van der Waals surface area contributed by atoms with Gasteiger partial charge in [0.25, 0.3) is 0 Å². The fourth-order valence-corrected chi connectivity index (χ4v) is 3.80. The number of amides is 3. The summed E-state index contributed by atoms with van der Waals surface area (Å²) in [5.41, 5.74) is 7.47. The van der Waals surface area contributed by atoms with Gasteiger partial charge in [0.15, 0.2) is 0 Å². The van der Waals surface area contributed by atoms with Crippen molar-refractivity contribution < 1.29 is 24.3 Å². The highest BCUT2D eigenvalue weighted by Crippen LogP contribution is 2.10. The van der Waals surface area contributed by atoms with E-state index in [0.29, 0.717) is 5.69 Å². The van der Waals surface area contributed by atoms with Crippen molar-refractivity contribution in [3.8, 4) is 0 Å². The first-order chi connectivity index (χ1) is 17.5. The van der Waals surface area contributed by atoms with Crippen molar-refractivity contribution >= 4 is 23.7 Å². The Hall–Kier alpha value is -3.73. The van der Waals surface area contributed by atoms with Crippen LogP contribution in [-0.4, -0.2) is 62.9 Å². The van der Waals surface area contributed by atoms with Gasteiger partial charge >= 0.3 is 5.97 Å². The molecule has 0 saturated carbocycles. The lowest BCUT2D eigenvalue weighted by Gasteiger charge is -2.27. The second-order valence-electron chi connectivity index (χ2n) is 9.88. The Labute approximate surface area is 217 Å². The summed E-state index contributed by atoms with van der Waals surface area (Å²) in [7, 11) is 0. The van der Waals surface area contributed by atoms with Gasteiger partial charge in [0.1, 0.15) is 18.1 Å². The minimum absolute atomic E-state index is 0.0304. The number of carbonyl (C=O) groups is 4. The Kier molecular flexibility index (Phi) is 11.3. The summed E-state index contributed by atoms with van der Waals surface area (Å²) >= 11 is 0. The Morgan fingerprint density at radius 2 is 1.54 bits per heavy atom. The Morgan fingerprint density at radius 1 is 0.919 bits per heavy atom. The van der Waals surface area contributed by atoms with E-state index in [1.807, 2.05) is 44.2 Å². The number of carbonyl (C=O) groups excluding carboxylic acids is 3. The Bertz CT molecular complexity index is 1030. The molecule has 0 aliphatic rings. The average Bonchev–Trinajstić information content (AvgIpc) is 3.34. The molecule has 2 aromatic rings. The van der Waals surface area contributed by atoms with Crippen LogP contribution in [0.1, 0.15) is 45.4 Å². The average molecular weight is 515 g/mol. The first-order valence-corrected chi connectivity index (χ1v) is 12.4. The molecule has 0 unspecified atom stereocenters. The molecule has 0 bridgehead atoms. The zero-order valence-corrected chi connectivity index (χ0v) is 21.7. The zero-order valence-electron chi connectivity index (χ0n) is 21.7. The number of benzene rings is 1. The number of nitrogens with zero attached hydrogens (tertiary/aromatic N) is 1. The second-order valence-corrected chi connectivity index (χ2v) is 9.88. The number of aromatic amines is 1. The topological polar surface area (TPSA) is 179 Å². The summed E-state index contributed by atoms with van der Waals surface area (Å²) in [5.74, 6) is -3.17. The third kappa shape index (κ3) is 9.68. The number of nitrogens with two attached hydrogens (primary N) is 1. The summed E-state index contributed by atoms with van der Waals surface area (Å²) in [6.45, 7) is 7.15. The predicted octanol–water partition coefficient (Wildman–Crippen LogP) is 0.763. The summed E-state index contributed by atoms with van der Waals surface area (Å²) < 4.78 is 0. The molecule has 4 atom stereocenters. The molecule has 0 fully saturated rings. The maximum atomic E-state index is 13.4. The highest BCUT2D eigenvalue weighted by molar-refractivity contribution is 5.94. The number of rotatable bonds is 14.